The van der Waals surface area contributed by atoms with E-state index in [0.717, 1.165) is 6.54 Å². The Hall–Kier alpha value is -0.400. The largest absolute Gasteiger partial charge is 0.317 e. The van der Waals surface area contributed by atoms with Crippen LogP contribution in [0.5, 0.6) is 0 Å². The molecule has 1 spiro atoms. The minimum Gasteiger partial charge on any atom is -0.317 e. The summed E-state index contributed by atoms with van der Waals surface area (Å²) in [5, 5.41) is 12.4. The molecule has 8 heteroatoms. The lowest BCUT2D eigenvalue weighted by Gasteiger charge is -2.43. The van der Waals surface area contributed by atoms with Gasteiger partial charge in [0.15, 0.2) is 5.13 Å². The van der Waals surface area contributed by atoms with Gasteiger partial charge in [-0.25, -0.2) is 4.98 Å². The van der Waals surface area contributed by atoms with Crippen LogP contribution in [0.2, 0.25) is 0 Å². The van der Waals surface area contributed by atoms with Gasteiger partial charge in [-0.3, -0.25) is 4.79 Å². The average Bonchev–Trinajstić information content (AvgIpc) is 3.03. The van der Waals surface area contributed by atoms with E-state index in [9.17, 15) is 4.79 Å². The zero-order chi connectivity index (χ0) is 15.3. The zero-order valence-electron chi connectivity index (χ0n) is 13.9. The summed E-state index contributed by atoms with van der Waals surface area (Å²) in [4.78, 5) is 15.9. The molecule has 3 rings (SSSR count). The fraction of sp³-hybridized carbons (Fsp3) is 0.750. The molecule has 0 bridgehead atoms. The summed E-state index contributed by atoms with van der Waals surface area (Å²) in [6, 6.07) is 0.591. The van der Waals surface area contributed by atoms with E-state index < -0.39 is 0 Å². The fourth-order valence-corrected chi connectivity index (χ4v) is 4.29. The number of aromatic nitrogens is 1. The summed E-state index contributed by atoms with van der Waals surface area (Å²) in [5.74, 6) is 0.0492. The Morgan fingerprint density at radius 2 is 1.96 bits per heavy atom. The molecule has 24 heavy (non-hydrogen) atoms. The van der Waals surface area contributed by atoms with Crippen molar-refractivity contribution in [3.63, 3.8) is 0 Å². The smallest absolute Gasteiger partial charge is 0.227 e. The number of rotatable bonds is 5. The van der Waals surface area contributed by atoms with Crippen LogP contribution in [-0.2, 0) is 4.79 Å². The van der Waals surface area contributed by atoms with Gasteiger partial charge >= 0.3 is 0 Å². The highest BCUT2D eigenvalue weighted by Crippen LogP contribution is 2.43. The van der Waals surface area contributed by atoms with Crippen molar-refractivity contribution < 1.29 is 4.79 Å². The number of halogens is 2. The second kappa shape index (κ2) is 10.6. The van der Waals surface area contributed by atoms with E-state index in [4.69, 9.17) is 0 Å². The van der Waals surface area contributed by atoms with Crippen molar-refractivity contribution in [2.45, 2.75) is 51.0 Å². The molecule has 1 amide bonds. The van der Waals surface area contributed by atoms with Gasteiger partial charge in [0.1, 0.15) is 0 Å². The molecule has 1 saturated heterocycles. The number of carbonyl (C=O) groups is 1. The van der Waals surface area contributed by atoms with Crippen molar-refractivity contribution in [3.8, 4) is 0 Å². The van der Waals surface area contributed by atoms with Gasteiger partial charge in [0, 0.05) is 30.6 Å². The lowest BCUT2D eigenvalue weighted by atomic mass is 9.67. The molecule has 0 aromatic carbocycles. The zero-order valence-corrected chi connectivity index (χ0v) is 16.3. The Labute approximate surface area is 160 Å². The van der Waals surface area contributed by atoms with Gasteiger partial charge in [-0.15, -0.1) is 36.2 Å². The van der Waals surface area contributed by atoms with Crippen LogP contribution in [0.15, 0.2) is 11.6 Å². The predicted octanol–water partition coefficient (Wildman–Crippen LogP) is 3.22. The first-order valence-corrected chi connectivity index (χ1v) is 9.27. The van der Waals surface area contributed by atoms with Crippen LogP contribution in [0, 0.1) is 5.41 Å². The molecule has 1 aromatic heterocycles. The molecule has 2 heterocycles. The number of anilines is 1. The van der Waals surface area contributed by atoms with Crippen molar-refractivity contribution in [2.24, 2.45) is 5.41 Å². The molecule has 2 fully saturated rings. The van der Waals surface area contributed by atoms with Gasteiger partial charge in [0.05, 0.1) is 0 Å². The van der Waals surface area contributed by atoms with Crippen LogP contribution in [-0.4, -0.2) is 36.6 Å². The standard InChI is InChI=1S/C16H26N4OS.2ClH/c21-14(20-15-19-11-12-22-15)3-8-18-13-1-4-16(5-2-13)6-9-17-10-7-16;;/h11-13,17-18H,1-10H2,(H,19,20,21);2*1H. The SMILES string of the molecule is Cl.Cl.O=C(CCNC1CCC2(CCNCC2)CC1)Nc1nccs1. The number of amides is 1. The second-order valence-electron chi connectivity index (χ2n) is 6.61. The summed E-state index contributed by atoms with van der Waals surface area (Å²) in [5.41, 5.74) is 0.617. The molecule has 3 N–H and O–H groups in total. The summed E-state index contributed by atoms with van der Waals surface area (Å²) in [6.07, 6.45) is 10.1. The van der Waals surface area contributed by atoms with Crippen molar-refractivity contribution in [2.75, 3.05) is 25.0 Å². The van der Waals surface area contributed by atoms with Crippen molar-refractivity contribution in [1.29, 1.82) is 0 Å². The van der Waals surface area contributed by atoms with Gasteiger partial charge in [-0.2, -0.15) is 0 Å². The quantitative estimate of drug-likeness (QED) is 0.716. The van der Waals surface area contributed by atoms with Crippen molar-refractivity contribution >= 4 is 47.2 Å². The molecule has 5 nitrogen and oxygen atoms in total. The topological polar surface area (TPSA) is 66.1 Å². The molecule has 1 saturated carbocycles. The van der Waals surface area contributed by atoms with Crippen molar-refractivity contribution in [3.05, 3.63) is 11.6 Å². The molecule has 1 aliphatic carbocycles. The third-order valence-electron chi connectivity index (χ3n) is 5.17. The monoisotopic (exact) mass is 394 g/mol. The van der Waals surface area contributed by atoms with E-state index in [-0.39, 0.29) is 30.7 Å². The van der Waals surface area contributed by atoms with E-state index in [0.29, 0.717) is 23.0 Å². The lowest BCUT2D eigenvalue weighted by molar-refractivity contribution is -0.116. The number of piperidine rings is 1. The molecule has 138 valence electrons. The lowest BCUT2D eigenvalue weighted by Crippen LogP contribution is -2.43. The highest BCUT2D eigenvalue weighted by molar-refractivity contribution is 7.13. The maximum Gasteiger partial charge on any atom is 0.227 e. The third kappa shape index (κ3) is 6.15. The third-order valence-corrected chi connectivity index (χ3v) is 5.86. The molecule has 1 aliphatic heterocycles. The maximum atomic E-state index is 11.8. The number of nitrogens with one attached hydrogen (secondary N) is 3. The number of nitrogens with zero attached hydrogens (tertiary/aromatic N) is 1. The molecular formula is C16H28Cl2N4OS. The van der Waals surface area contributed by atoms with Crippen LogP contribution in [0.3, 0.4) is 0 Å². The van der Waals surface area contributed by atoms with Crippen LogP contribution in [0.25, 0.3) is 0 Å². The molecule has 2 aliphatic rings. The number of thiazole rings is 1. The predicted molar refractivity (Wildman–Crippen MR) is 105 cm³/mol. The van der Waals surface area contributed by atoms with Crippen LogP contribution >= 0.6 is 36.2 Å². The Balaban J connectivity index is 0.00000144. The van der Waals surface area contributed by atoms with Crippen LogP contribution in [0.1, 0.15) is 44.9 Å². The minimum absolute atomic E-state index is 0. The van der Waals surface area contributed by atoms with Crippen molar-refractivity contribution in [1.82, 2.24) is 15.6 Å². The Morgan fingerprint density at radius 3 is 2.58 bits per heavy atom. The van der Waals surface area contributed by atoms with Gasteiger partial charge in [0.2, 0.25) is 5.91 Å². The summed E-state index contributed by atoms with van der Waals surface area (Å²) >= 11 is 1.46. The first kappa shape index (κ1) is 21.6. The number of hydrogen-bond donors (Lipinski definition) is 3. The Kier molecular flexibility index (Phi) is 9.52. The highest BCUT2D eigenvalue weighted by atomic mass is 35.5. The average molecular weight is 395 g/mol. The molecular weight excluding hydrogens is 367 g/mol. The normalized spacial score (nSPS) is 20.0. The van der Waals surface area contributed by atoms with Crippen LogP contribution < -0.4 is 16.0 Å². The Bertz CT molecular complexity index is 470. The summed E-state index contributed by atoms with van der Waals surface area (Å²) in [6.45, 7) is 3.14. The molecule has 1 aromatic rings. The van der Waals surface area contributed by atoms with E-state index in [2.05, 4.69) is 20.9 Å². The van der Waals surface area contributed by atoms with E-state index in [1.165, 1.54) is 63.0 Å². The molecule has 0 atom stereocenters. The highest BCUT2D eigenvalue weighted by Gasteiger charge is 2.35. The summed E-state index contributed by atoms with van der Waals surface area (Å²) in [7, 11) is 0. The minimum atomic E-state index is 0. The number of hydrogen-bond acceptors (Lipinski definition) is 5. The fourth-order valence-electron chi connectivity index (χ4n) is 3.75. The van der Waals surface area contributed by atoms with Gasteiger partial charge < -0.3 is 16.0 Å². The molecule has 0 unspecified atom stereocenters. The van der Waals surface area contributed by atoms with E-state index in [1.807, 2.05) is 5.38 Å². The van der Waals surface area contributed by atoms with Gasteiger partial charge in [-0.05, 0) is 57.0 Å². The first-order valence-electron chi connectivity index (χ1n) is 8.39. The van der Waals surface area contributed by atoms with Gasteiger partial charge in [-0.1, -0.05) is 0 Å². The first-order chi connectivity index (χ1) is 10.8. The van der Waals surface area contributed by atoms with Crippen LogP contribution in [0.4, 0.5) is 5.13 Å². The molecule has 0 radical (unpaired) electrons. The second-order valence-corrected chi connectivity index (χ2v) is 7.51. The Morgan fingerprint density at radius 1 is 1.25 bits per heavy atom. The number of carbonyl (C=O) groups excluding carboxylic acids is 1. The maximum absolute atomic E-state index is 11.8. The van der Waals surface area contributed by atoms with E-state index in [1.54, 1.807) is 6.20 Å². The van der Waals surface area contributed by atoms with E-state index >= 15 is 0 Å². The summed E-state index contributed by atoms with van der Waals surface area (Å²) < 4.78 is 0. The van der Waals surface area contributed by atoms with Gasteiger partial charge in [0.25, 0.3) is 0 Å².